The van der Waals surface area contributed by atoms with Gasteiger partial charge in [-0.25, -0.2) is 0 Å². The average Bonchev–Trinajstić information content (AvgIpc) is 3.22. The molecular formula is C22H24N2O2. The summed E-state index contributed by atoms with van der Waals surface area (Å²) in [6.07, 6.45) is 3.54. The second-order valence-electron chi connectivity index (χ2n) is 6.18. The summed E-state index contributed by atoms with van der Waals surface area (Å²) in [6, 6.07) is 23.9. The number of furan rings is 1. The molecule has 0 radical (unpaired) electrons. The molecule has 1 aromatic heterocycles. The number of hydrogen-bond acceptors (Lipinski definition) is 3. The number of carbonyl (C=O) groups excluding carboxylic acids is 1. The molecule has 0 fully saturated rings. The summed E-state index contributed by atoms with van der Waals surface area (Å²) in [5, 5.41) is 6.26. The van der Waals surface area contributed by atoms with E-state index in [4.69, 9.17) is 4.42 Å². The minimum Gasteiger partial charge on any atom is -0.467 e. The molecule has 0 saturated carbocycles. The first-order chi connectivity index (χ1) is 12.8. The molecule has 1 heterocycles. The van der Waals surface area contributed by atoms with E-state index in [0.29, 0.717) is 6.54 Å². The first-order valence-electron chi connectivity index (χ1n) is 8.95. The molecule has 1 amide bonds. The highest BCUT2D eigenvalue weighted by Crippen LogP contribution is 2.21. The normalized spacial score (nSPS) is 11.8. The van der Waals surface area contributed by atoms with Crippen LogP contribution >= 0.6 is 0 Å². The Hall–Kier alpha value is -2.85. The second kappa shape index (κ2) is 9.59. The van der Waals surface area contributed by atoms with Crippen molar-refractivity contribution in [2.24, 2.45) is 0 Å². The maximum Gasteiger partial charge on any atom is 0.233 e. The van der Waals surface area contributed by atoms with Crippen molar-refractivity contribution in [3.8, 4) is 0 Å². The van der Waals surface area contributed by atoms with Crippen LogP contribution in [0.1, 0.15) is 29.3 Å². The zero-order valence-electron chi connectivity index (χ0n) is 14.7. The highest BCUT2D eigenvalue weighted by atomic mass is 16.3. The number of nitrogens with one attached hydrogen (secondary N) is 2. The fourth-order valence-electron chi connectivity index (χ4n) is 2.91. The van der Waals surface area contributed by atoms with E-state index in [0.717, 1.165) is 24.2 Å². The van der Waals surface area contributed by atoms with Crippen molar-refractivity contribution in [3.63, 3.8) is 0 Å². The maximum atomic E-state index is 12.2. The smallest absolute Gasteiger partial charge is 0.233 e. The van der Waals surface area contributed by atoms with E-state index in [9.17, 15) is 4.79 Å². The largest absolute Gasteiger partial charge is 0.467 e. The van der Waals surface area contributed by atoms with E-state index in [-0.39, 0.29) is 18.5 Å². The fourth-order valence-corrected chi connectivity index (χ4v) is 2.91. The van der Waals surface area contributed by atoms with Crippen molar-refractivity contribution < 1.29 is 9.21 Å². The van der Waals surface area contributed by atoms with Crippen LogP contribution in [0.5, 0.6) is 0 Å². The van der Waals surface area contributed by atoms with Gasteiger partial charge in [-0.3, -0.25) is 10.1 Å². The van der Waals surface area contributed by atoms with E-state index in [1.807, 2.05) is 60.7 Å². The molecule has 0 bridgehead atoms. The molecule has 0 aliphatic carbocycles. The Kier molecular flexibility index (Phi) is 6.62. The van der Waals surface area contributed by atoms with E-state index in [1.165, 1.54) is 5.56 Å². The molecule has 3 rings (SSSR count). The van der Waals surface area contributed by atoms with Crippen LogP contribution in [0.25, 0.3) is 0 Å². The number of benzene rings is 2. The molecule has 0 aliphatic rings. The number of aryl methyl sites for hydroxylation is 1. The zero-order chi connectivity index (χ0) is 18.0. The van der Waals surface area contributed by atoms with Gasteiger partial charge in [0, 0.05) is 6.54 Å². The average molecular weight is 348 g/mol. The Labute approximate surface area is 154 Å². The predicted octanol–water partition coefficient (Wildman–Crippen LogP) is 3.71. The molecular weight excluding hydrogens is 324 g/mol. The van der Waals surface area contributed by atoms with Crippen molar-refractivity contribution in [1.82, 2.24) is 10.6 Å². The van der Waals surface area contributed by atoms with Crippen LogP contribution in [0.3, 0.4) is 0 Å². The van der Waals surface area contributed by atoms with Gasteiger partial charge in [0.1, 0.15) is 5.76 Å². The third-order valence-electron chi connectivity index (χ3n) is 4.23. The number of hydrogen-bond donors (Lipinski definition) is 2. The van der Waals surface area contributed by atoms with Crippen molar-refractivity contribution in [1.29, 1.82) is 0 Å². The minimum atomic E-state index is -0.138. The van der Waals surface area contributed by atoms with Gasteiger partial charge in [-0.1, -0.05) is 60.7 Å². The molecule has 1 atom stereocenters. The molecule has 2 N–H and O–H groups in total. The van der Waals surface area contributed by atoms with Gasteiger partial charge in [0.25, 0.3) is 0 Å². The SMILES string of the molecule is O=C(CN[C@@H](c1ccccc1)c1ccco1)NCCCc1ccccc1. The van der Waals surface area contributed by atoms with E-state index in [2.05, 4.69) is 22.8 Å². The highest BCUT2D eigenvalue weighted by Gasteiger charge is 2.17. The molecule has 0 saturated heterocycles. The Morgan fingerprint density at radius 1 is 0.923 bits per heavy atom. The van der Waals surface area contributed by atoms with Gasteiger partial charge >= 0.3 is 0 Å². The second-order valence-corrected chi connectivity index (χ2v) is 6.18. The third kappa shape index (κ3) is 5.33. The van der Waals surface area contributed by atoms with Crippen molar-refractivity contribution in [2.45, 2.75) is 18.9 Å². The lowest BCUT2D eigenvalue weighted by molar-refractivity contribution is -0.120. The van der Waals surface area contributed by atoms with Gasteiger partial charge in [0.2, 0.25) is 5.91 Å². The summed E-state index contributed by atoms with van der Waals surface area (Å²) in [4.78, 5) is 12.2. The van der Waals surface area contributed by atoms with E-state index < -0.39 is 0 Å². The van der Waals surface area contributed by atoms with Crippen LogP contribution in [-0.4, -0.2) is 19.0 Å². The highest BCUT2D eigenvalue weighted by molar-refractivity contribution is 5.78. The lowest BCUT2D eigenvalue weighted by Crippen LogP contribution is -2.36. The Morgan fingerprint density at radius 3 is 2.35 bits per heavy atom. The summed E-state index contributed by atoms with van der Waals surface area (Å²) in [5.74, 6) is 0.790. The molecule has 2 aromatic carbocycles. The molecule has 0 aliphatic heterocycles. The molecule has 3 aromatic rings. The van der Waals surface area contributed by atoms with Crippen molar-refractivity contribution in [3.05, 3.63) is 95.9 Å². The topological polar surface area (TPSA) is 54.3 Å². The predicted molar refractivity (Wildman–Crippen MR) is 103 cm³/mol. The van der Waals surface area contributed by atoms with E-state index in [1.54, 1.807) is 6.26 Å². The van der Waals surface area contributed by atoms with Crippen LogP contribution in [0.2, 0.25) is 0 Å². The first kappa shape index (κ1) is 18.0. The summed E-state index contributed by atoms with van der Waals surface area (Å²) >= 11 is 0. The molecule has 26 heavy (non-hydrogen) atoms. The Bertz CT molecular complexity index is 770. The van der Waals surface area contributed by atoms with Crippen LogP contribution in [0, 0.1) is 0 Å². The molecule has 4 heteroatoms. The maximum absolute atomic E-state index is 12.2. The van der Waals surface area contributed by atoms with Gasteiger partial charge in [0.15, 0.2) is 0 Å². The van der Waals surface area contributed by atoms with Gasteiger partial charge in [-0.15, -0.1) is 0 Å². The number of rotatable bonds is 9. The number of amides is 1. The van der Waals surface area contributed by atoms with Gasteiger partial charge in [0.05, 0.1) is 18.8 Å². The molecule has 0 unspecified atom stereocenters. The van der Waals surface area contributed by atoms with Crippen LogP contribution in [0.15, 0.2) is 83.5 Å². The van der Waals surface area contributed by atoms with Crippen LogP contribution in [0.4, 0.5) is 0 Å². The van der Waals surface area contributed by atoms with Gasteiger partial charge in [-0.2, -0.15) is 0 Å². The summed E-state index contributed by atoms with van der Waals surface area (Å²) in [7, 11) is 0. The molecule has 4 nitrogen and oxygen atoms in total. The van der Waals surface area contributed by atoms with Crippen molar-refractivity contribution in [2.75, 3.05) is 13.1 Å². The van der Waals surface area contributed by atoms with Gasteiger partial charge < -0.3 is 9.73 Å². The number of carbonyl (C=O) groups is 1. The minimum absolute atomic E-state index is 0.00875. The quantitative estimate of drug-likeness (QED) is 0.580. The monoisotopic (exact) mass is 348 g/mol. The Morgan fingerprint density at radius 2 is 1.65 bits per heavy atom. The van der Waals surface area contributed by atoms with Crippen LogP contribution < -0.4 is 10.6 Å². The fraction of sp³-hybridized carbons (Fsp3) is 0.227. The molecule has 134 valence electrons. The summed E-state index contributed by atoms with van der Waals surface area (Å²) < 4.78 is 5.54. The third-order valence-corrected chi connectivity index (χ3v) is 4.23. The lowest BCUT2D eigenvalue weighted by Gasteiger charge is -2.17. The van der Waals surface area contributed by atoms with Crippen LogP contribution in [-0.2, 0) is 11.2 Å². The van der Waals surface area contributed by atoms with Crippen molar-refractivity contribution >= 4 is 5.91 Å². The zero-order valence-corrected chi connectivity index (χ0v) is 14.7. The van der Waals surface area contributed by atoms with Gasteiger partial charge in [-0.05, 0) is 36.1 Å². The summed E-state index contributed by atoms with van der Waals surface area (Å²) in [6.45, 7) is 0.914. The van der Waals surface area contributed by atoms with E-state index >= 15 is 0 Å². The first-order valence-corrected chi connectivity index (χ1v) is 8.95. The Balaban J connectivity index is 1.46. The molecule has 0 spiro atoms. The lowest BCUT2D eigenvalue weighted by atomic mass is 10.0. The summed E-state index contributed by atoms with van der Waals surface area (Å²) in [5.41, 5.74) is 2.36. The standard InChI is InChI=1S/C22H24N2O2/c25-21(23-15-7-11-18-9-3-1-4-10-18)17-24-22(20-14-8-16-26-20)19-12-5-2-6-13-19/h1-6,8-10,12-14,16,22,24H,7,11,15,17H2,(H,23,25)/t22-/m0/s1.